The summed E-state index contributed by atoms with van der Waals surface area (Å²) >= 11 is 9.27. The van der Waals surface area contributed by atoms with Crippen molar-refractivity contribution in [3.8, 4) is 0 Å². The lowest BCUT2D eigenvalue weighted by Gasteiger charge is -2.13. The Morgan fingerprint density at radius 2 is 1.95 bits per heavy atom. The fourth-order valence-corrected chi connectivity index (χ4v) is 2.36. The number of aliphatic hydroxyl groups is 1. The first-order chi connectivity index (χ1) is 9.97. The molecule has 2 aromatic carbocycles. The largest absolute Gasteiger partial charge is 0.399 e. The number of aliphatic hydroxyl groups excluding tert-OH is 1. The topological polar surface area (TPSA) is 75.3 Å². The van der Waals surface area contributed by atoms with Crippen molar-refractivity contribution in [1.29, 1.82) is 0 Å². The second kappa shape index (κ2) is 6.93. The summed E-state index contributed by atoms with van der Waals surface area (Å²) in [7, 11) is 0. The fourth-order valence-electron chi connectivity index (χ4n) is 1.79. The van der Waals surface area contributed by atoms with Crippen LogP contribution in [0.25, 0.3) is 0 Å². The maximum Gasteiger partial charge on any atom is 0.252 e. The normalized spacial score (nSPS) is 12.0. The number of carbonyl (C=O) groups is 1. The Kier molecular flexibility index (Phi) is 5.22. The van der Waals surface area contributed by atoms with Gasteiger partial charge < -0.3 is 16.2 Å². The van der Waals surface area contributed by atoms with Crippen LogP contribution >= 0.6 is 27.5 Å². The maximum atomic E-state index is 12.1. The molecule has 0 heterocycles. The van der Waals surface area contributed by atoms with Gasteiger partial charge in [-0.05, 0) is 35.9 Å². The maximum absolute atomic E-state index is 12.1. The summed E-state index contributed by atoms with van der Waals surface area (Å²) in [5.74, 6) is -0.337. The summed E-state index contributed by atoms with van der Waals surface area (Å²) in [5.41, 5.74) is 7.25. The highest BCUT2D eigenvalue weighted by Crippen LogP contribution is 2.21. The van der Waals surface area contributed by atoms with Crippen molar-refractivity contribution in [3.05, 3.63) is 63.1 Å². The molecule has 0 aliphatic carbocycles. The summed E-state index contributed by atoms with van der Waals surface area (Å²) in [6.07, 6.45) is -0.805. The predicted molar refractivity (Wildman–Crippen MR) is 87.3 cm³/mol. The zero-order chi connectivity index (χ0) is 15.4. The number of hydrogen-bond acceptors (Lipinski definition) is 3. The molecule has 2 rings (SSSR count). The van der Waals surface area contributed by atoms with Gasteiger partial charge in [0.15, 0.2) is 0 Å². The van der Waals surface area contributed by atoms with Crippen molar-refractivity contribution in [1.82, 2.24) is 5.32 Å². The summed E-state index contributed by atoms with van der Waals surface area (Å²) in [6, 6.07) is 11.9. The molecule has 0 spiro atoms. The number of halogens is 2. The Hall–Kier alpha value is -1.56. The minimum Gasteiger partial charge on any atom is -0.399 e. The van der Waals surface area contributed by atoms with Gasteiger partial charge in [-0.25, -0.2) is 0 Å². The molecule has 1 amide bonds. The molecule has 4 N–H and O–H groups in total. The van der Waals surface area contributed by atoms with E-state index >= 15 is 0 Å². The summed E-state index contributed by atoms with van der Waals surface area (Å²) in [4.78, 5) is 12.1. The Bertz CT molecular complexity index is 647. The summed E-state index contributed by atoms with van der Waals surface area (Å²) < 4.78 is 0.760. The molecule has 2 aromatic rings. The van der Waals surface area contributed by atoms with Gasteiger partial charge in [0.25, 0.3) is 5.91 Å². The van der Waals surface area contributed by atoms with Gasteiger partial charge in [0.2, 0.25) is 0 Å². The third-order valence-corrected chi connectivity index (χ3v) is 3.77. The van der Waals surface area contributed by atoms with Gasteiger partial charge >= 0.3 is 0 Å². The van der Waals surface area contributed by atoms with Crippen LogP contribution in [0.2, 0.25) is 5.02 Å². The molecule has 0 fully saturated rings. The number of anilines is 1. The molecule has 0 aromatic heterocycles. The lowest BCUT2D eigenvalue weighted by Crippen LogP contribution is -2.28. The molecule has 4 nitrogen and oxygen atoms in total. The van der Waals surface area contributed by atoms with Gasteiger partial charge in [-0.1, -0.05) is 39.7 Å². The number of nitrogen functional groups attached to an aromatic ring is 1. The molecule has 6 heteroatoms. The highest BCUT2D eigenvalue weighted by atomic mass is 79.9. The number of amides is 1. The third-order valence-electron chi connectivity index (χ3n) is 2.95. The SMILES string of the molecule is Nc1ccc(C(O)CNC(=O)c2cc(Br)ccc2Cl)cc1. The van der Waals surface area contributed by atoms with Crippen LogP contribution in [0.4, 0.5) is 5.69 Å². The van der Waals surface area contributed by atoms with Crippen LogP contribution in [0.15, 0.2) is 46.9 Å². The van der Waals surface area contributed by atoms with E-state index < -0.39 is 6.10 Å². The zero-order valence-electron chi connectivity index (χ0n) is 11.0. The van der Waals surface area contributed by atoms with E-state index in [0.717, 1.165) is 4.47 Å². The van der Waals surface area contributed by atoms with E-state index in [0.29, 0.717) is 21.8 Å². The summed E-state index contributed by atoms with van der Waals surface area (Å²) in [6.45, 7) is 0.0889. The Morgan fingerprint density at radius 1 is 1.29 bits per heavy atom. The number of rotatable bonds is 4. The highest BCUT2D eigenvalue weighted by molar-refractivity contribution is 9.10. The predicted octanol–water partition coefficient (Wildman–Crippen LogP) is 3.15. The molecule has 0 bridgehead atoms. The van der Waals surface area contributed by atoms with Crippen LogP contribution in [-0.4, -0.2) is 17.6 Å². The van der Waals surface area contributed by atoms with E-state index in [1.54, 1.807) is 42.5 Å². The van der Waals surface area contributed by atoms with E-state index in [-0.39, 0.29) is 12.5 Å². The van der Waals surface area contributed by atoms with Crippen molar-refractivity contribution in [2.75, 3.05) is 12.3 Å². The van der Waals surface area contributed by atoms with Crippen molar-refractivity contribution < 1.29 is 9.90 Å². The first kappa shape index (κ1) is 15.8. The van der Waals surface area contributed by atoms with Crippen LogP contribution in [0, 0.1) is 0 Å². The van der Waals surface area contributed by atoms with Crippen LogP contribution in [0.3, 0.4) is 0 Å². The fraction of sp³-hybridized carbons (Fsp3) is 0.133. The number of benzene rings is 2. The highest BCUT2D eigenvalue weighted by Gasteiger charge is 2.13. The van der Waals surface area contributed by atoms with Gasteiger partial charge in [-0.3, -0.25) is 4.79 Å². The van der Waals surface area contributed by atoms with Crippen molar-refractivity contribution >= 4 is 39.1 Å². The van der Waals surface area contributed by atoms with Crippen LogP contribution in [-0.2, 0) is 0 Å². The molecule has 0 aliphatic rings. The number of nitrogens with one attached hydrogen (secondary N) is 1. The van der Waals surface area contributed by atoms with E-state index in [1.807, 2.05) is 0 Å². The first-order valence-corrected chi connectivity index (χ1v) is 7.41. The molecule has 0 saturated carbocycles. The Labute approximate surface area is 136 Å². The quantitative estimate of drug-likeness (QED) is 0.725. The van der Waals surface area contributed by atoms with Gasteiger partial charge in [0.05, 0.1) is 16.7 Å². The van der Waals surface area contributed by atoms with Crippen LogP contribution in [0.1, 0.15) is 22.0 Å². The molecule has 0 saturated heterocycles. The van der Waals surface area contributed by atoms with E-state index in [2.05, 4.69) is 21.2 Å². The molecular weight excluding hydrogens is 356 g/mol. The third kappa shape index (κ3) is 4.20. The van der Waals surface area contributed by atoms with Crippen molar-refractivity contribution in [2.24, 2.45) is 0 Å². The van der Waals surface area contributed by atoms with Crippen LogP contribution < -0.4 is 11.1 Å². The lowest BCUT2D eigenvalue weighted by atomic mass is 10.1. The average Bonchev–Trinajstić information content (AvgIpc) is 2.47. The monoisotopic (exact) mass is 368 g/mol. The molecule has 0 radical (unpaired) electrons. The standard InChI is InChI=1S/C15H14BrClN2O2/c16-10-3-6-13(17)12(7-10)15(21)19-8-14(20)9-1-4-11(18)5-2-9/h1-7,14,20H,8,18H2,(H,19,21). The van der Waals surface area contributed by atoms with Gasteiger partial charge in [0.1, 0.15) is 0 Å². The minimum absolute atomic E-state index is 0.0889. The number of nitrogens with two attached hydrogens (primary N) is 1. The van der Waals surface area contributed by atoms with Crippen molar-refractivity contribution in [2.45, 2.75) is 6.10 Å². The van der Waals surface area contributed by atoms with Gasteiger partial charge in [0, 0.05) is 16.7 Å². The van der Waals surface area contributed by atoms with Gasteiger partial charge in [-0.2, -0.15) is 0 Å². The van der Waals surface area contributed by atoms with E-state index in [4.69, 9.17) is 17.3 Å². The first-order valence-electron chi connectivity index (χ1n) is 6.24. The molecule has 1 unspecified atom stereocenters. The van der Waals surface area contributed by atoms with E-state index in [9.17, 15) is 9.90 Å². The second-order valence-corrected chi connectivity index (χ2v) is 5.84. The molecule has 0 aliphatic heterocycles. The lowest BCUT2D eigenvalue weighted by molar-refractivity contribution is 0.0916. The second-order valence-electron chi connectivity index (χ2n) is 4.52. The molecule has 21 heavy (non-hydrogen) atoms. The smallest absolute Gasteiger partial charge is 0.252 e. The summed E-state index contributed by atoms with van der Waals surface area (Å²) in [5, 5.41) is 13.0. The molecule has 110 valence electrons. The minimum atomic E-state index is -0.805. The number of hydrogen-bond donors (Lipinski definition) is 3. The Morgan fingerprint density at radius 3 is 2.62 bits per heavy atom. The molecule has 1 atom stereocenters. The number of carbonyl (C=O) groups excluding carboxylic acids is 1. The van der Waals surface area contributed by atoms with E-state index in [1.165, 1.54) is 0 Å². The Balaban J connectivity index is 2.00. The van der Waals surface area contributed by atoms with Crippen molar-refractivity contribution in [3.63, 3.8) is 0 Å². The van der Waals surface area contributed by atoms with Crippen LogP contribution in [0.5, 0.6) is 0 Å². The van der Waals surface area contributed by atoms with Gasteiger partial charge in [-0.15, -0.1) is 0 Å². The average molecular weight is 370 g/mol. The zero-order valence-corrected chi connectivity index (χ0v) is 13.4. The molecular formula is C15H14BrClN2O2.